The molecule has 4 heteroatoms. The minimum atomic E-state index is -0.192. The van der Waals surface area contributed by atoms with Crippen LogP contribution >= 0.6 is 0 Å². The topological polar surface area (TPSA) is 47.6 Å². The molecular weight excluding hydrogens is 206 g/mol. The van der Waals surface area contributed by atoms with Crippen LogP contribution in [0, 0.1) is 0 Å². The summed E-state index contributed by atoms with van der Waals surface area (Å²) in [6, 6.07) is 5.10. The molecular formula is C12H15NO3. The van der Waals surface area contributed by atoms with E-state index in [0.29, 0.717) is 30.3 Å². The Hall–Kier alpha value is -1.55. The largest absolute Gasteiger partial charge is 0.486 e. The molecule has 1 aromatic rings. The van der Waals surface area contributed by atoms with Gasteiger partial charge in [0.05, 0.1) is 6.04 Å². The van der Waals surface area contributed by atoms with Crippen molar-refractivity contribution >= 4 is 5.78 Å². The molecule has 0 fully saturated rings. The molecule has 0 aliphatic carbocycles. The maximum Gasteiger partial charge on any atom is 0.179 e. The molecule has 1 aliphatic rings. The van der Waals surface area contributed by atoms with Crippen molar-refractivity contribution in [3.05, 3.63) is 23.8 Å². The number of benzene rings is 1. The van der Waals surface area contributed by atoms with Crippen LogP contribution in [0.5, 0.6) is 11.5 Å². The molecule has 0 amide bonds. The number of rotatable bonds is 3. The van der Waals surface area contributed by atoms with Crippen LogP contribution < -0.4 is 14.8 Å². The van der Waals surface area contributed by atoms with Gasteiger partial charge in [-0.05, 0) is 32.2 Å². The van der Waals surface area contributed by atoms with Crippen molar-refractivity contribution in [1.29, 1.82) is 0 Å². The molecule has 1 heterocycles. The lowest BCUT2D eigenvalue weighted by Crippen LogP contribution is -2.30. The van der Waals surface area contributed by atoms with Crippen molar-refractivity contribution in [3.63, 3.8) is 0 Å². The van der Waals surface area contributed by atoms with Crippen molar-refractivity contribution in [3.8, 4) is 11.5 Å². The highest BCUT2D eigenvalue weighted by Gasteiger charge is 2.17. The molecule has 2 rings (SSSR count). The minimum Gasteiger partial charge on any atom is -0.486 e. The molecule has 4 nitrogen and oxygen atoms in total. The van der Waals surface area contributed by atoms with E-state index in [1.54, 1.807) is 25.2 Å². The van der Waals surface area contributed by atoms with E-state index in [-0.39, 0.29) is 11.8 Å². The third-order valence-corrected chi connectivity index (χ3v) is 2.65. The fourth-order valence-electron chi connectivity index (χ4n) is 1.58. The molecule has 0 unspecified atom stereocenters. The van der Waals surface area contributed by atoms with Crippen molar-refractivity contribution in [2.75, 3.05) is 20.3 Å². The van der Waals surface area contributed by atoms with E-state index in [0.717, 1.165) is 0 Å². The second-order valence-electron chi connectivity index (χ2n) is 3.73. The predicted molar refractivity (Wildman–Crippen MR) is 60.3 cm³/mol. The summed E-state index contributed by atoms with van der Waals surface area (Å²) in [6.45, 7) is 2.93. The SMILES string of the molecule is CN[C@@H](C)C(=O)c1ccc2c(c1)OCCO2. The van der Waals surface area contributed by atoms with E-state index in [1.807, 2.05) is 6.92 Å². The molecule has 1 aromatic carbocycles. The average molecular weight is 221 g/mol. The number of hydrogen-bond acceptors (Lipinski definition) is 4. The van der Waals surface area contributed by atoms with Gasteiger partial charge < -0.3 is 14.8 Å². The number of carbonyl (C=O) groups is 1. The fourth-order valence-corrected chi connectivity index (χ4v) is 1.58. The highest BCUT2D eigenvalue weighted by molar-refractivity contribution is 6.00. The smallest absolute Gasteiger partial charge is 0.179 e. The average Bonchev–Trinajstić information content (AvgIpc) is 2.36. The van der Waals surface area contributed by atoms with Gasteiger partial charge in [-0.25, -0.2) is 0 Å². The van der Waals surface area contributed by atoms with Crippen LogP contribution in [0.25, 0.3) is 0 Å². The molecule has 16 heavy (non-hydrogen) atoms. The Morgan fingerprint density at radius 1 is 1.31 bits per heavy atom. The van der Waals surface area contributed by atoms with E-state index in [1.165, 1.54) is 0 Å². The summed E-state index contributed by atoms with van der Waals surface area (Å²) in [5.41, 5.74) is 0.645. The lowest BCUT2D eigenvalue weighted by Gasteiger charge is -2.19. The third kappa shape index (κ3) is 2.02. The van der Waals surface area contributed by atoms with E-state index in [4.69, 9.17) is 9.47 Å². The van der Waals surface area contributed by atoms with Gasteiger partial charge in [0, 0.05) is 5.56 Å². The molecule has 0 saturated carbocycles. The number of ketones is 1. The van der Waals surface area contributed by atoms with Crippen LogP contribution in [0.4, 0.5) is 0 Å². The molecule has 1 aliphatic heterocycles. The Balaban J connectivity index is 2.26. The molecule has 1 atom stereocenters. The number of ether oxygens (including phenoxy) is 2. The van der Waals surface area contributed by atoms with E-state index in [2.05, 4.69) is 5.32 Å². The molecule has 0 aromatic heterocycles. The maximum atomic E-state index is 11.9. The summed E-state index contributed by atoms with van der Waals surface area (Å²) >= 11 is 0. The van der Waals surface area contributed by atoms with Gasteiger partial charge in [0.25, 0.3) is 0 Å². The summed E-state index contributed by atoms with van der Waals surface area (Å²) in [5.74, 6) is 1.42. The predicted octanol–water partition coefficient (Wildman–Crippen LogP) is 1.25. The summed E-state index contributed by atoms with van der Waals surface area (Å²) in [6.07, 6.45) is 0. The molecule has 86 valence electrons. The molecule has 0 saturated heterocycles. The van der Waals surface area contributed by atoms with Crippen molar-refractivity contribution < 1.29 is 14.3 Å². The Bertz CT molecular complexity index is 403. The first-order chi connectivity index (χ1) is 7.72. The van der Waals surface area contributed by atoms with Gasteiger partial charge in [-0.15, -0.1) is 0 Å². The number of Topliss-reactive ketones (excluding diaryl/α,β-unsaturated/α-hetero) is 1. The van der Waals surface area contributed by atoms with Crippen LogP contribution in [0.2, 0.25) is 0 Å². The normalized spacial score (nSPS) is 15.6. The highest BCUT2D eigenvalue weighted by Crippen LogP contribution is 2.30. The van der Waals surface area contributed by atoms with Crippen molar-refractivity contribution in [1.82, 2.24) is 5.32 Å². The lowest BCUT2D eigenvalue weighted by atomic mass is 10.0. The number of nitrogens with one attached hydrogen (secondary N) is 1. The summed E-state index contributed by atoms with van der Waals surface area (Å²) in [5, 5.41) is 2.92. The first-order valence-electron chi connectivity index (χ1n) is 5.33. The van der Waals surface area contributed by atoms with Crippen LogP contribution in [0.1, 0.15) is 17.3 Å². The number of fused-ring (bicyclic) bond motifs is 1. The Morgan fingerprint density at radius 3 is 2.69 bits per heavy atom. The van der Waals surface area contributed by atoms with E-state index >= 15 is 0 Å². The maximum absolute atomic E-state index is 11.9. The Morgan fingerprint density at radius 2 is 2.00 bits per heavy atom. The third-order valence-electron chi connectivity index (χ3n) is 2.65. The van der Waals surface area contributed by atoms with Gasteiger partial charge in [0.15, 0.2) is 17.3 Å². The van der Waals surface area contributed by atoms with Gasteiger partial charge in [-0.3, -0.25) is 4.79 Å². The Kier molecular flexibility index (Phi) is 3.10. The van der Waals surface area contributed by atoms with Gasteiger partial charge in [-0.1, -0.05) is 0 Å². The lowest BCUT2D eigenvalue weighted by molar-refractivity contribution is 0.0954. The van der Waals surface area contributed by atoms with Crippen LogP contribution in [0.3, 0.4) is 0 Å². The van der Waals surface area contributed by atoms with Gasteiger partial charge in [-0.2, -0.15) is 0 Å². The van der Waals surface area contributed by atoms with Crippen molar-refractivity contribution in [2.24, 2.45) is 0 Å². The second-order valence-corrected chi connectivity index (χ2v) is 3.73. The van der Waals surface area contributed by atoms with Crippen LogP contribution in [-0.4, -0.2) is 32.1 Å². The quantitative estimate of drug-likeness (QED) is 0.780. The fraction of sp³-hybridized carbons (Fsp3) is 0.417. The van der Waals surface area contributed by atoms with E-state index < -0.39 is 0 Å². The Labute approximate surface area is 94.6 Å². The first kappa shape index (κ1) is 11.0. The minimum absolute atomic E-state index is 0.0551. The number of likely N-dealkylation sites (N-methyl/N-ethyl adjacent to an activating group) is 1. The molecule has 1 N–H and O–H groups in total. The molecule has 0 radical (unpaired) electrons. The second kappa shape index (κ2) is 4.53. The van der Waals surface area contributed by atoms with Gasteiger partial charge in [0.1, 0.15) is 13.2 Å². The summed E-state index contributed by atoms with van der Waals surface area (Å²) in [4.78, 5) is 11.9. The van der Waals surface area contributed by atoms with Crippen LogP contribution in [-0.2, 0) is 0 Å². The van der Waals surface area contributed by atoms with E-state index in [9.17, 15) is 4.79 Å². The zero-order chi connectivity index (χ0) is 11.5. The molecule has 0 spiro atoms. The van der Waals surface area contributed by atoms with Crippen LogP contribution in [0.15, 0.2) is 18.2 Å². The monoisotopic (exact) mass is 221 g/mol. The van der Waals surface area contributed by atoms with Crippen molar-refractivity contribution in [2.45, 2.75) is 13.0 Å². The van der Waals surface area contributed by atoms with Gasteiger partial charge >= 0.3 is 0 Å². The highest BCUT2D eigenvalue weighted by atomic mass is 16.6. The number of hydrogen-bond donors (Lipinski definition) is 1. The van der Waals surface area contributed by atoms with Gasteiger partial charge in [0.2, 0.25) is 0 Å². The number of carbonyl (C=O) groups excluding carboxylic acids is 1. The summed E-state index contributed by atoms with van der Waals surface area (Å²) < 4.78 is 10.8. The zero-order valence-corrected chi connectivity index (χ0v) is 9.45. The standard InChI is InChI=1S/C12H15NO3/c1-8(13-2)12(14)9-3-4-10-11(7-9)16-6-5-15-10/h3-4,7-8,13H,5-6H2,1-2H3/t8-/m0/s1. The zero-order valence-electron chi connectivity index (χ0n) is 9.45. The molecule has 0 bridgehead atoms. The summed E-state index contributed by atoms with van der Waals surface area (Å²) in [7, 11) is 1.76. The first-order valence-corrected chi connectivity index (χ1v) is 5.33.